The van der Waals surface area contributed by atoms with Gasteiger partial charge in [-0.1, -0.05) is 0 Å². The smallest absolute Gasteiger partial charge is 0.00368 e. The summed E-state index contributed by atoms with van der Waals surface area (Å²) in [7, 11) is 3.97. The Labute approximate surface area is 106 Å². The van der Waals surface area contributed by atoms with E-state index in [4.69, 9.17) is 0 Å². The number of hydrogen-bond acceptors (Lipinski definition) is 3. The molecular formula is C8H24Cl3N3. The zero-order valence-corrected chi connectivity index (χ0v) is 11.4. The van der Waals surface area contributed by atoms with E-state index in [1.165, 1.54) is 12.8 Å². The minimum absolute atomic E-state index is 0. The van der Waals surface area contributed by atoms with Crippen LogP contribution in [0.1, 0.15) is 12.8 Å². The van der Waals surface area contributed by atoms with E-state index in [1.807, 2.05) is 14.1 Å². The molecule has 0 unspecified atom stereocenters. The molecule has 0 aliphatic carbocycles. The van der Waals surface area contributed by atoms with Crippen molar-refractivity contribution in [3.05, 3.63) is 0 Å². The van der Waals surface area contributed by atoms with Gasteiger partial charge in [-0.25, -0.2) is 0 Å². The standard InChI is InChI=1S/C8H21N3.3ClH/c1-9-5-3-7-11-8-4-6-10-2;;;/h9-11H,3-8H2,1-2H3;3*1H. The summed E-state index contributed by atoms with van der Waals surface area (Å²) < 4.78 is 0. The first-order valence-electron chi connectivity index (χ1n) is 4.41. The molecule has 0 bridgehead atoms. The van der Waals surface area contributed by atoms with Gasteiger partial charge in [-0.3, -0.25) is 0 Å². The maximum absolute atomic E-state index is 3.38. The Kier molecular flexibility index (Phi) is 40.5. The number of halogens is 3. The fourth-order valence-corrected chi connectivity index (χ4v) is 0.905. The molecule has 0 spiro atoms. The van der Waals surface area contributed by atoms with Crippen LogP contribution in [-0.2, 0) is 0 Å². The molecule has 92 valence electrons. The van der Waals surface area contributed by atoms with Crippen LogP contribution in [0.15, 0.2) is 0 Å². The van der Waals surface area contributed by atoms with Crippen LogP contribution in [-0.4, -0.2) is 40.3 Å². The lowest BCUT2D eigenvalue weighted by atomic mass is 10.4. The summed E-state index contributed by atoms with van der Waals surface area (Å²) in [4.78, 5) is 0. The van der Waals surface area contributed by atoms with Gasteiger partial charge in [0.1, 0.15) is 0 Å². The predicted molar refractivity (Wildman–Crippen MR) is 71.7 cm³/mol. The topological polar surface area (TPSA) is 36.1 Å². The summed E-state index contributed by atoms with van der Waals surface area (Å²) in [6, 6.07) is 0. The molecule has 0 saturated heterocycles. The largest absolute Gasteiger partial charge is 0.320 e. The molecule has 0 aliphatic heterocycles. The van der Waals surface area contributed by atoms with Gasteiger partial charge in [0.05, 0.1) is 0 Å². The summed E-state index contributed by atoms with van der Waals surface area (Å²) in [6.45, 7) is 4.48. The van der Waals surface area contributed by atoms with Gasteiger partial charge in [-0.15, -0.1) is 37.2 Å². The van der Waals surface area contributed by atoms with Gasteiger partial charge in [0, 0.05) is 0 Å². The number of hydrogen-bond donors (Lipinski definition) is 3. The van der Waals surface area contributed by atoms with Crippen LogP contribution in [0.4, 0.5) is 0 Å². The van der Waals surface area contributed by atoms with Gasteiger partial charge >= 0.3 is 0 Å². The van der Waals surface area contributed by atoms with Crippen molar-refractivity contribution >= 4 is 37.2 Å². The second-order valence-corrected chi connectivity index (χ2v) is 2.66. The molecule has 0 saturated carbocycles. The summed E-state index contributed by atoms with van der Waals surface area (Å²) in [5, 5.41) is 9.61. The molecule has 0 fully saturated rings. The summed E-state index contributed by atoms with van der Waals surface area (Å²) in [5.41, 5.74) is 0. The zero-order valence-electron chi connectivity index (χ0n) is 8.97. The molecule has 6 heteroatoms. The van der Waals surface area contributed by atoms with Gasteiger partial charge in [-0.2, -0.15) is 0 Å². The fourth-order valence-electron chi connectivity index (χ4n) is 0.905. The van der Waals surface area contributed by atoms with Gasteiger partial charge in [0.15, 0.2) is 0 Å². The van der Waals surface area contributed by atoms with E-state index in [0.717, 1.165) is 26.2 Å². The summed E-state index contributed by atoms with van der Waals surface area (Å²) in [5.74, 6) is 0. The van der Waals surface area contributed by atoms with Crippen molar-refractivity contribution in [3.8, 4) is 0 Å². The van der Waals surface area contributed by atoms with Crippen molar-refractivity contribution in [2.24, 2.45) is 0 Å². The molecule has 3 nitrogen and oxygen atoms in total. The van der Waals surface area contributed by atoms with Crippen molar-refractivity contribution in [1.29, 1.82) is 0 Å². The van der Waals surface area contributed by atoms with Gasteiger partial charge in [0.2, 0.25) is 0 Å². The first-order chi connectivity index (χ1) is 5.41. The Morgan fingerprint density at radius 3 is 1.29 bits per heavy atom. The highest BCUT2D eigenvalue weighted by atomic mass is 35.5. The third-order valence-electron chi connectivity index (χ3n) is 1.56. The maximum Gasteiger partial charge on any atom is -0.00368 e. The van der Waals surface area contributed by atoms with Crippen LogP contribution >= 0.6 is 37.2 Å². The molecule has 0 amide bonds. The molecule has 0 aromatic rings. The zero-order chi connectivity index (χ0) is 8.36. The predicted octanol–water partition coefficient (Wildman–Crippen LogP) is 1.06. The Morgan fingerprint density at radius 1 is 0.643 bits per heavy atom. The van der Waals surface area contributed by atoms with E-state index in [-0.39, 0.29) is 37.2 Å². The SMILES string of the molecule is CNCCCNCCCNC.Cl.Cl.Cl. The molecule has 0 aliphatic rings. The van der Waals surface area contributed by atoms with Crippen molar-refractivity contribution < 1.29 is 0 Å². The highest BCUT2D eigenvalue weighted by Crippen LogP contribution is 1.74. The molecule has 14 heavy (non-hydrogen) atoms. The van der Waals surface area contributed by atoms with Crippen LogP contribution in [0.2, 0.25) is 0 Å². The molecule has 0 atom stereocenters. The third kappa shape index (κ3) is 23.0. The lowest BCUT2D eigenvalue weighted by molar-refractivity contribution is 0.594. The normalized spacial score (nSPS) is 8.14. The second kappa shape index (κ2) is 23.5. The monoisotopic (exact) mass is 267 g/mol. The minimum atomic E-state index is 0. The van der Waals surface area contributed by atoms with Gasteiger partial charge in [0.25, 0.3) is 0 Å². The van der Waals surface area contributed by atoms with Gasteiger partial charge in [-0.05, 0) is 53.1 Å². The molecule has 0 radical (unpaired) electrons. The van der Waals surface area contributed by atoms with Crippen LogP contribution < -0.4 is 16.0 Å². The van der Waals surface area contributed by atoms with Crippen LogP contribution in [0.5, 0.6) is 0 Å². The molecule has 0 aromatic heterocycles. The average Bonchev–Trinajstić information content (AvgIpc) is 2.03. The summed E-state index contributed by atoms with van der Waals surface area (Å²) in [6.07, 6.45) is 2.44. The van der Waals surface area contributed by atoms with Gasteiger partial charge < -0.3 is 16.0 Å². The lowest BCUT2D eigenvalue weighted by Crippen LogP contribution is -2.23. The van der Waals surface area contributed by atoms with Crippen molar-refractivity contribution in [2.45, 2.75) is 12.8 Å². The van der Waals surface area contributed by atoms with E-state index < -0.39 is 0 Å². The Balaban J connectivity index is -0.000000167. The van der Waals surface area contributed by atoms with Crippen molar-refractivity contribution in [1.82, 2.24) is 16.0 Å². The Morgan fingerprint density at radius 2 is 1.00 bits per heavy atom. The van der Waals surface area contributed by atoms with Crippen LogP contribution in [0.3, 0.4) is 0 Å². The molecule has 0 rings (SSSR count). The van der Waals surface area contributed by atoms with E-state index in [2.05, 4.69) is 16.0 Å². The minimum Gasteiger partial charge on any atom is -0.320 e. The van der Waals surface area contributed by atoms with Crippen LogP contribution in [0.25, 0.3) is 0 Å². The van der Waals surface area contributed by atoms with E-state index >= 15 is 0 Å². The second-order valence-electron chi connectivity index (χ2n) is 2.66. The lowest BCUT2D eigenvalue weighted by Gasteiger charge is -2.03. The maximum atomic E-state index is 3.38. The third-order valence-corrected chi connectivity index (χ3v) is 1.56. The van der Waals surface area contributed by atoms with Crippen LogP contribution in [0, 0.1) is 0 Å². The van der Waals surface area contributed by atoms with Crippen molar-refractivity contribution in [2.75, 3.05) is 40.3 Å². The highest BCUT2D eigenvalue weighted by molar-refractivity contribution is 5.86. The number of rotatable bonds is 8. The van der Waals surface area contributed by atoms with Crippen molar-refractivity contribution in [3.63, 3.8) is 0 Å². The first-order valence-corrected chi connectivity index (χ1v) is 4.41. The van der Waals surface area contributed by atoms with E-state index in [0.29, 0.717) is 0 Å². The summed E-state index contributed by atoms with van der Waals surface area (Å²) >= 11 is 0. The molecule has 0 aromatic carbocycles. The van der Waals surface area contributed by atoms with E-state index in [1.54, 1.807) is 0 Å². The van der Waals surface area contributed by atoms with E-state index in [9.17, 15) is 0 Å². The molecule has 0 heterocycles. The number of nitrogens with one attached hydrogen (secondary N) is 3. The average molecular weight is 269 g/mol. The highest BCUT2D eigenvalue weighted by Gasteiger charge is 1.86. The molecule has 3 N–H and O–H groups in total. The molecular weight excluding hydrogens is 244 g/mol. The Hall–Kier alpha value is 0.750. The first kappa shape index (κ1) is 24.1. The Bertz CT molecular complexity index is 68.9. The quantitative estimate of drug-likeness (QED) is 0.576. The fraction of sp³-hybridized carbons (Fsp3) is 1.00.